The molecule has 0 atom stereocenters. The van der Waals surface area contributed by atoms with Crippen molar-refractivity contribution in [3.8, 4) is 0 Å². The molecule has 3 aromatic carbocycles. The van der Waals surface area contributed by atoms with Crippen molar-refractivity contribution in [2.24, 2.45) is 4.99 Å². The largest absolute Gasteiger partial charge is 0.361 e. The Labute approximate surface area is 192 Å². The van der Waals surface area contributed by atoms with E-state index < -0.39 is 0 Å². The summed E-state index contributed by atoms with van der Waals surface area (Å²) in [5, 5.41) is 7.96. The van der Waals surface area contributed by atoms with Gasteiger partial charge in [0, 0.05) is 39.9 Å². The van der Waals surface area contributed by atoms with Crippen molar-refractivity contribution >= 4 is 40.1 Å². The van der Waals surface area contributed by atoms with Gasteiger partial charge >= 0.3 is 0 Å². The van der Waals surface area contributed by atoms with E-state index in [1.165, 1.54) is 10.9 Å². The van der Waals surface area contributed by atoms with Crippen molar-refractivity contribution < 1.29 is 4.79 Å². The van der Waals surface area contributed by atoms with Gasteiger partial charge < -0.3 is 10.3 Å². The van der Waals surface area contributed by atoms with Crippen molar-refractivity contribution in [1.29, 1.82) is 0 Å². The number of para-hydroxylation sites is 1. The molecule has 3 N–H and O–H groups in total. The number of aromatic nitrogens is 1. The van der Waals surface area contributed by atoms with Gasteiger partial charge in [0.1, 0.15) is 0 Å². The minimum absolute atomic E-state index is 0.246. The number of anilines is 1. The Morgan fingerprint density at radius 1 is 1.00 bits per heavy atom. The lowest BCUT2D eigenvalue weighted by molar-refractivity contribution is 0.0977. The molecule has 0 saturated carbocycles. The number of aryl methyl sites for hydroxylation is 2. The fraction of sp³-hybridized carbons (Fsp3) is 0.154. The van der Waals surface area contributed by atoms with E-state index >= 15 is 0 Å². The summed E-state index contributed by atoms with van der Waals surface area (Å²) in [5.74, 6) is 0.166. The first kappa shape index (κ1) is 21.7. The number of carbonyl (C=O) groups excluding carboxylic acids is 1. The number of carbonyl (C=O) groups is 1. The molecule has 5 nitrogen and oxygen atoms in total. The first-order chi connectivity index (χ1) is 15.5. The van der Waals surface area contributed by atoms with Crippen LogP contribution in [0.2, 0.25) is 5.02 Å². The molecule has 32 heavy (non-hydrogen) atoms. The Bertz CT molecular complexity index is 1250. The van der Waals surface area contributed by atoms with E-state index in [1.54, 1.807) is 24.3 Å². The number of hydrogen-bond donors (Lipinski definition) is 3. The summed E-state index contributed by atoms with van der Waals surface area (Å²) < 4.78 is 0. The maximum Gasteiger partial charge on any atom is 0.257 e. The molecule has 4 aromatic rings. The fourth-order valence-electron chi connectivity index (χ4n) is 3.70. The minimum Gasteiger partial charge on any atom is -0.361 e. The van der Waals surface area contributed by atoms with Crippen LogP contribution < -0.4 is 10.6 Å². The van der Waals surface area contributed by atoms with Crippen LogP contribution in [0.25, 0.3) is 10.9 Å². The standard InChI is InChI=1S/C26H25ClN4O/c1-17-13-18(2)15-22(14-17)30-26(31-25(32)19-7-9-21(27)10-8-19)28-12-11-20-16-29-24-6-4-3-5-23(20)24/h3-10,13-16,29H,11-12H2,1-2H3,(H2,28,30,31,32). The topological polar surface area (TPSA) is 69.3 Å². The maximum absolute atomic E-state index is 12.8. The average Bonchev–Trinajstić information content (AvgIpc) is 3.16. The highest BCUT2D eigenvalue weighted by Gasteiger charge is 2.10. The van der Waals surface area contributed by atoms with Gasteiger partial charge in [-0.1, -0.05) is 35.9 Å². The summed E-state index contributed by atoms with van der Waals surface area (Å²) in [5.41, 5.74) is 5.96. The van der Waals surface area contributed by atoms with Crippen LogP contribution in [0, 0.1) is 13.8 Å². The lowest BCUT2D eigenvalue weighted by Gasteiger charge is -2.13. The number of hydrogen-bond acceptors (Lipinski definition) is 2. The Kier molecular flexibility index (Phi) is 6.57. The number of fused-ring (bicyclic) bond motifs is 1. The summed E-state index contributed by atoms with van der Waals surface area (Å²) in [4.78, 5) is 20.7. The molecule has 0 bridgehead atoms. The monoisotopic (exact) mass is 444 g/mol. The fourth-order valence-corrected chi connectivity index (χ4v) is 3.83. The van der Waals surface area contributed by atoms with Gasteiger partial charge in [0.05, 0.1) is 0 Å². The number of rotatable bonds is 5. The number of aliphatic imine (C=N–C) groups is 1. The SMILES string of the molecule is Cc1cc(C)cc(NC(=NCCc2c[nH]c3ccccc23)NC(=O)c2ccc(Cl)cc2)c1. The number of H-pyrrole nitrogens is 1. The predicted octanol–water partition coefficient (Wildman–Crippen LogP) is 5.88. The van der Waals surface area contributed by atoms with Crippen LogP contribution >= 0.6 is 11.6 Å². The third-order valence-electron chi connectivity index (χ3n) is 5.15. The van der Waals surface area contributed by atoms with Crippen LogP contribution in [0.1, 0.15) is 27.0 Å². The van der Waals surface area contributed by atoms with E-state index in [0.717, 1.165) is 28.8 Å². The predicted molar refractivity (Wildman–Crippen MR) is 133 cm³/mol. The summed E-state index contributed by atoms with van der Waals surface area (Å²) in [6.45, 7) is 4.60. The molecule has 0 spiro atoms. The zero-order chi connectivity index (χ0) is 22.5. The lowest BCUT2D eigenvalue weighted by Crippen LogP contribution is -2.36. The highest BCUT2D eigenvalue weighted by Crippen LogP contribution is 2.18. The zero-order valence-electron chi connectivity index (χ0n) is 18.1. The van der Waals surface area contributed by atoms with Gasteiger partial charge in [-0.25, -0.2) is 0 Å². The van der Waals surface area contributed by atoms with Crippen molar-refractivity contribution in [1.82, 2.24) is 10.3 Å². The summed E-state index contributed by atoms with van der Waals surface area (Å²) in [7, 11) is 0. The number of benzene rings is 3. The summed E-state index contributed by atoms with van der Waals surface area (Å²) in [6.07, 6.45) is 2.77. The zero-order valence-corrected chi connectivity index (χ0v) is 18.8. The van der Waals surface area contributed by atoms with Crippen molar-refractivity contribution in [3.05, 3.63) is 100 Å². The van der Waals surface area contributed by atoms with Crippen LogP contribution in [0.3, 0.4) is 0 Å². The third-order valence-corrected chi connectivity index (χ3v) is 5.40. The van der Waals surface area contributed by atoms with Crippen molar-refractivity contribution in [2.45, 2.75) is 20.3 Å². The molecule has 162 valence electrons. The van der Waals surface area contributed by atoms with Crippen LogP contribution in [0.5, 0.6) is 0 Å². The van der Waals surface area contributed by atoms with E-state index in [-0.39, 0.29) is 5.91 Å². The van der Waals surface area contributed by atoms with E-state index in [1.807, 2.05) is 44.3 Å². The Morgan fingerprint density at radius 3 is 2.47 bits per heavy atom. The Morgan fingerprint density at radius 2 is 1.72 bits per heavy atom. The van der Waals surface area contributed by atoms with Crippen LogP contribution in [0.4, 0.5) is 5.69 Å². The van der Waals surface area contributed by atoms with E-state index in [4.69, 9.17) is 11.6 Å². The molecule has 1 aromatic heterocycles. The van der Waals surface area contributed by atoms with Gasteiger partial charge in [-0.2, -0.15) is 0 Å². The molecule has 0 unspecified atom stereocenters. The molecule has 0 aliphatic heterocycles. The van der Waals surface area contributed by atoms with Crippen molar-refractivity contribution in [3.63, 3.8) is 0 Å². The van der Waals surface area contributed by atoms with E-state index in [2.05, 4.69) is 38.8 Å². The van der Waals surface area contributed by atoms with Gasteiger partial charge in [0.15, 0.2) is 0 Å². The Hall–Kier alpha value is -3.57. The molecule has 1 heterocycles. The third kappa shape index (κ3) is 5.37. The highest BCUT2D eigenvalue weighted by atomic mass is 35.5. The molecule has 0 aliphatic carbocycles. The molecule has 6 heteroatoms. The van der Waals surface area contributed by atoms with Crippen LogP contribution in [0.15, 0.2) is 77.9 Å². The van der Waals surface area contributed by atoms with Gasteiger partial charge in [0.2, 0.25) is 5.96 Å². The molecule has 4 rings (SSSR count). The highest BCUT2D eigenvalue weighted by molar-refractivity contribution is 6.30. The molecule has 0 radical (unpaired) electrons. The average molecular weight is 445 g/mol. The first-order valence-electron chi connectivity index (χ1n) is 10.5. The second-order valence-electron chi connectivity index (χ2n) is 7.80. The molecular formula is C26H25ClN4O. The van der Waals surface area contributed by atoms with Gasteiger partial charge in [-0.15, -0.1) is 0 Å². The number of guanidine groups is 1. The number of halogens is 1. The second kappa shape index (κ2) is 9.71. The van der Waals surface area contributed by atoms with E-state index in [9.17, 15) is 4.79 Å². The van der Waals surface area contributed by atoms with Gasteiger partial charge in [-0.3, -0.25) is 15.1 Å². The van der Waals surface area contributed by atoms with Crippen molar-refractivity contribution in [2.75, 3.05) is 11.9 Å². The number of nitrogens with zero attached hydrogens (tertiary/aromatic N) is 1. The molecule has 0 saturated heterocycles. The van der Waals surface area contributed by atoms with Crippen LogP contribution in [-0.2, 0) is 6.42 Å². The molecule has 1 amide bonds. The Balaban J connectivity index is 1.54. The quantitative estimate of drug-likeness (QED) is 0.266. The van der Waals surface area contributed by atoms with E-state index in [0.29, 0.717) is 23.1 Å². The number of aromatic amines is 1. The summed E-state index contributed by atoms with van der Waals surface area (Å²) >= 11 is 5.95. The van der Waals surface area contributed by atoms with Gasteiger partial charge in [0.25, 0.3) is 5.91 Å². The summed E-state index contributed by atoms with van der Waals surface area (Å²) in [6, 6.07) is 21.1. The lowest BCUT2D eigenvalue weighted by atomic mass is 10.1. The molecular weight excluding hydrogens is 420 g/mol. The normalized spacial score (nSPS) is 11.5. The first-order valence-corrected chi connectivity index (χ1v) is 10.9. The molecule has 0 aliphatic rings. The number of amides is 1. The molecule has 0 fully saturated rings. The minimum atomic E-state index is -0.246. The van der Waals surface area contributed by atoms with Crippen LogP contribution in [-0.4, -0.2) is 23.4 Å². The number of nitrogens with one attached hydrogen (secondary N) is 3. The van der Waals surface area contributed by atoms with Gasteiger partial charge in [-0.05, 0) is 79.4 Å². The second-order valence-corrected chi connectivity index (χ2v) is 8.24. The smallest absolute Gasteiger partial charge is 0.257 e. The maximum atomic E-state index is 12.8.